The number of nitrogens with one attached hydrogen (secondary N) is 1. The maximum atomic E-state index is 6.06. The van der Waals surface area contributed by atoms with E-state index in [4.69, 9.17) is 32.7 Å². The maximum absolute atomic E-state index is 6.06. The minimum absolute atomic E-state index is 0.248. The molecule has 1 atom stereocenters. The van der Waals surface area contributed by atoms with E-state index in [0.29, 0.717) is 22.4 Å². The third-order valence-electron chi connectivity index (χ3n) is 3.23. The molecule has 6 heteroatoms. The average Bonchev–Trinajstić information content (AvgIpc) is 2.43. The van der Waals surface area contributed by atoms with Crippen LogP contribution >= 0.6 is 23.2 Å². The molecule has 1 aliphatic heterocycles. The predicted molar refractivity (Wildman–Crippen MR) is 82.1 cm³/mol. The summed E-state index contributed by atoms with van der Waals surface area (Å²) in [6, 6.07) is 5.36. The van der Waals surface area contributed by atoms with Crippen molar-refractivity contribution in [3.05, 3.63) is 28.2 Å². The lowest BCUT2D eigenvalue weighted by Gasteiger charge is -2.32. The van der Waals surface area contributed by atoms with Crippen LogP contribution in [-0.2, 0) is 4.74 Å². The van der Waals surface area contributed by atoms with E-state index < -0.39 is 0 Å². The van der Waals surface area contributed by atoms with Crippen LogP contribution in [0.4, 0.5) is 0 Å². The van der Waals surface area contributed by atoms with Crippen LogP contribution in [0.3, 0.4) is 0 Å². The normalized spacial score (nSPS) is 20.1. The second-order valence-electron chi connectivity index (χ2n) is 4.75. The fraction of sp³-hybridized carbons (Fsp3) is 0.571. The highest BCUT2D eigenvalue weighted by molar-refractivity contribution is 6.37. The number of hydrogen-bond donors (Lipinski definition) is 1. The Labute approximate surface area is 129 Å². The van der Waals surface area contributed by atoms with Gasteiger partial charge in [-0.3, -0.25) is 4.90 Å². The molecule has 0 aromatic heterocycles. The van der Waals surface area contributed by atoms with Crippen LogP contribution in [0.25, 0.3) is 0 Å². The highest BCUT2D eigenvalue weighted by Crippen LogP contribution is 2.32. The minimum atomic E-state index is 0.248. The van der Waals surface area contributed by atoms with Crippen molar-refractivity contribution in [3.8, 4) is 5.75 Å². The standard InChI is InChI=1S/C14H20Cl2N2O2/c1-17-9-11-10-18(5-7-19-11)6-8-20-14-12(15)3-2-4-13(14)16/h2-4,11,17H,5-10H2,1H3. The molecule has 0 radical (unpaired) electrons. The first-order valence-electron chi connectivity index (χ1n) is 6.76. The van der Waals surface area contributed by atoms with E-state index in [1.807, 2.05) is 13.1 Å². The van der Waals surface area contributed by atoms with Crippen LogP contribution in [0.1, 0.15) is 0 Å². The van der Waals surface area contributed by atoms with Crippen molar-refractivity contribution < 1.29 is 9.47 Å². The lowest BCUT2D eigenvalue weighted by Crippen LogP contribution is -2.47. The Kier molecular flexibility index (Phi) is 6.39. The fourth-order valence-electron chi connectivity index (χ4n) is 2.23. The zero-order valence-corrected chi connectivity index (χ0v) is 13.1. The van der Waals surface area contributed by atoms with Crippen molar-refractivity contribution in [2.45, 2.75) is 6.10 Å². The molecular formula is C14H20Cl2N2O2. The minimum Gasteiger partial charge on any atom is -0.489 e. The first-order valence-corrected chi connectivity index (χ1v) is 7.51. The average molecular weight is 319 g/mol. The molecule has 1 N–H and O–H groups in total. The zero-order valence-electron chi connectivity index (χ0n) is 11.6. The van der Waals surface area contributed by atoms with Gasteiger partial charge in [-0.1, -0.05) is 29.3 Å². The molecule has 1 unspecified atom stereocenters. The molecule has 0 aliphatic carbocycles. The van der Waals surface area contributed by atoms with Crippen molar-refractivity contribution in [2.24, 2.45) is 0 Å². The molecule has 1 fully saturated rings. The van der Waals surface area contributed by atoms with Gasteiger partial charge < -0.3 is 14.8 Å². The van der Waals surface area contributed by atoms with Gasteiger partial charge in [0.1, 0.15) is 6.61 Å². The molecule has 0 amide bonds. The second-order valence-corrected chi connectivity index (χ2v) is 5.56. The Bertz CT molecular complexity index is 409. The van der Waals surface area contributed by atoms with E-state index in [2.05, 4.69) is 10.2 Å². The number of halogens is 2. The molecule has 0 bridgehead atoms. The molecule has 20 heavy (non-hydrogen) atoms. The molecule has 4 nitrogen and oxygen atoms in total. The van der Waals surface area contributed by atoms with Gasteiger partial charge in [0.15, 0.2) is 5.75 Å². The van der Waals surface area contributed by atoms with Crippen LogP contribution in [0, 0.1) is 0 Å². The molecular weight excluding hydrogens is 299 g/mol. The third kappa shape index (κ3) is 4.50. The van der Waals surface area contributed by atoms with Crippen molar-refractivity contribution in [1.82, 2.24) is 10.2 Å². The summed E-state index contributed by atoms with van der Waals surface area (Å²) in [4.78, 5) is 2.33. The molecule has 1 aromatic carbocycles. The van der Waals surface area contributed by atoms with Gasteiger partial charge in [-0.15, -0.1) is 0 Å². The van der Waals surface area contributed by atoms with E-state index in [-0.39, 0.29) is 6.10 Å². The molecule has 1 aromatic rings. The summed E-state index contributed by atoms with van der Waals surface area (Å²) >= 11 is 12.1. The number of morpholine rings is 1. The van der Waals surface area contributed by atoms with Crippen LogP contribution in [0.5, 0.6) is 5.75 Å². The Morgan fingerprint density at radius 3 is 2.85 bits per heavy atom. The van der Waals surface area contributed by atoms with Gasteiger partial charge in [0, 0.05) is 26.2 Å². The quantitative estimate of drug-likeness (QED) is 0.872. The van der Waals surface area contributed by atoms with Crippen LogP contribution in [0.2, 0.25) is 10.0 Å². The molecule has 1 aliphatic rings. The zero-order chi connectivity index (χ0) is 14.4. The lowest BCUT2D eigenvalue weighted by atomic mass is 10.2. The Hall–Kier alpha value is -0.520. The number of para-hydroxylation sites is 1. The van der Waals surface area contributed by atoms with Gasteiger partial charge in [-0.2, -0.15) is 0 Å². The number of benzene rings is 1. The fourth-order valence-corrected chi connectivity index (χ4v) is 2.74. The van der Waals surface area contributed by atoms with Gasteiger partial charge >= 0.3 is 0 Å². The van der Waals surface area contributed by atoms with Crippen molar-refractivity contribution in [2.75, 3.05) is 46.4 Å². The summed E-state index contributed by atoms with van der Waals surface area (Å²) in [6.45, 7) is 4.88. The highest BCUT2D eigenvalue weighted by atomic mass is 35.5. The van der Waals surface area contributed by atoms with Gasteiger partial charge in [0.25, 0.3) is 0 Å². The van der Waals surface area contributed by atoms with E-state index >= 15 is 0 Å². The Morgan fingerprint density at radius 2 is 2.15 bits per heavy atom. The highest BCUT2D eigenvalue weighted by Gasteiger charge is 2.19. The van der Waals surface area contributed by atoms with Crippen LogP contribution < -0.4 is 10.1 Å². The van der Waals surface area contributed by atoms with E-state index in [1.54, 1.807) is 12.1 Å². The van der Waals surface area contributed by atoms with Gasteiger partial charge in [-0.05, 0) is 19.2 Å². The Balaban J connectivity index is 1.78. The van der Waals surface area contributed by atoms with Gasteiger partial charge in [0.05, 0.1) is 22.8 Å². The van der Waals surface area contributed by atoms with E-state index in [0.717, 1.165) is 32.8 Å². The van der Waals surface area contributed by atoms with E-state index in [9.17, 15) is 0 Å². The van der Waals surface area contributed by atoms with Crippen LogP contribution in [0.15, 0.2) is 18.2 Å². The molecule has 1 heterocycles. The summed E-state index contributed by atoms with van der Waals surface area (Å²) in [5.74, 6) is 0.566. The van der Waals surface area contributed by atoms with Gasteiger partial charge in [0.2, 0.25) is 0 Å². The number of nitrogens with zero attached hydrogens (tertiary/aromatic N) is 1. The predicted octanol–water partition coefficient (Wildman–Crippen LogP) is 2.29. The first-order chi connectivity index (χ1) is 9.70. The summed E-state index contributed by atoms with van der Waals surface area (Å²) in [7, 11) is 1.94. The molecule has 1 saturated heterocycles. The number of hydrogen-bond acceptors (Lipinski definition) is 4. The summed E-state index contributed by atoms with van der Waals surface area (Å²) < 4.78 is 11.4. The topological polar surface area (TPSA) is 33.7 Å². The van der Waals surface area contributed by atoms with Crippen LogP contribution in [-0.4, -0.2) is 57.4 Å². The smallest absolute Gasteiger partial charge is 0.156 e. The summed E-state index contributed by atoms with van der Waals surface area (Å²) in [5, 5.41) is 4.23. The maximum Gasteiger partial charge on any atom is 0.156 e. The molecule has 0 spiro atoms. The molecule has 112 valence electrons. The van der Waals surface area contributed by atoms with Crippen molar-refractivity contribution >= 4 is 23.2 Å². The SMILES string of the molecule is CNCC1CN(CCOc2c(Cl)cccc2Cl)CCO1. The van der Waals surface area contributed by atoms with Gasteiger partial charge in [-0.25, -0.2) is 0 Å². The number of likely N-dealkylation sites (N-methyl/N-ethyl adjacent to an activating group) is 1. The van der Waals surface area contributed by atoms with Crippen molar-refractivity contribution in [1.29, 1.82) is 0 Å². The van der Waals surface area contributed by atoms with Crippen molar-refractivity contribution in [3.63, 3.8) is 0 Å². The first kappa shape index (κ1) is 15.9. The third-order valence-corrected chi connectivity index (χ3v) is 3.82. The Morgan fingerprint density at radius 1 is 1.40 bits per heavy atom. The summed E-state index contributed by atoms with van der Waals surface area (Å²) in [5.41, 5.74) is 0. The second kappa shape index (κ2) is 8.05. The van der Waals surface area contributed by atoms with E-state index in [1.165, 1.54) is 0 Å². The number of ether oxygens (including phenoxy) is 2. The molecule has 0 saturated carbocycles. The lowest BCUT2D eigenvalue weighted by molar-refractivity contribution is -0.0291. The summed E-state index contributed by atoms with van der Waals surface area (Å²) in [6.07, 6.45) is 0.248. The molecule has 2 rings (SSSR count). The number of rotatable bonds is 6. The largest absolute Gasteiger partial charge is 0.489 e. The monoisotopic (exact) mass is 318 g/mol.